The summed E-state index contributed by atoms with van der Waals surface area (Å²) >= 11 is 0. The fourth-order valence-electron chi connectivity index (χ4n) is 3.04. The highest BCUT2D eigenvalue weighted by atomic mass is 32.2. The first-order valence-corrected chi connectivity index (χ1v) is 11.0. The maximum atomic E-state index is 13.5. The lowest BCUT2D eigenvalue weighted by Gasteiger charge is -2.33. The van der Waals surface area contributed by atoms with E-state index in [1.807, 2.05) is 0 Å². The molecule has 1 N–H and O–H groups in total. The van der Waals surface area contributed by atoms with E-state index in [0.29, 0.717) is 0 Å². The normalized spacial score (nSPS) is 16.5. The third-order valence-electron chi connectivity index (χ3n) is 4.54. The molecule has 0 spiro atoms. The number of hydrogen-bond donors (Lipinski definition) is 1. The van der Waals surface area contributed by atoms with Crippen LogP contribution >= 0.6 is 0 Å². The molecule has 1 saturated heterocycles. The van der Waals surface area contributed by atoms with Crippen molar-refractivity contribution in [3.05, 3.63) is 23.8 Å². The number of carbonyl (C=O) groups is 1. The molecule has 1 aromatic rings. The van der Waals surface area contributed by atoms with Gasteiger partial charge in [-0.2, -0.15) is 13.2 Å². The highest BCUT2D eigenvalue weighted by Crippen LogP contribution is 2.36. The average Bonchev–Trinajstić information content (AvgIpc) is 2.59. The topological polar surface area (TPSA) is 79.0 Å². The van der Waals surface area contributed by atoms with Gasteiger partial charge < -0.3 is 14.5 Å². The molecule has 11 heteroatoms. The number of anilines is 1. The predicted molar refractivity (Wildman–Crippen MR) is 107 cm³/mol. The van der Waals surface area contributed by atoms with E-state index in [-0.39, 0.29) is 31.6 Å². The number of amides is 1. The SMILES string of the molecule is CN(C)c1ccc(S(=O)(=O)NC2CCN(C(=O)OC(C)(C)C)CC2)c(C(F)(F)F)c1. The summed E-state index contributed by atoms with van der Waals surface area (Å²) in [7, 11) is -1.27. The van der Waals surface area contributed by atoms with Crippen LogP contribution in [-0.2, 0) is 20.9 Å². The smallest absolute Gasteiger partial charge is 0.417 e. The third kappa shape index (κ3) is 6.24. The van der Waals surface area contributed by atoms with Gasteiger partial charge in [0.05, 0.1) is 10.5 Å². The van der Waals surface area contributed by atoms with Crippen LogP contribution in [0.3, 0.4) is 0 Å². The van der Waals surface area contributed by atoms with E-state index in [0.717, 1.165) is 12.1 Å². The number of benzene rings is 1. The van der Waals surface area contributed by atoms with Gasteiger partial charge in [0.25, 0.3) is 0 Å². The van der Waals surface area contributed by atoms with Crippen molar-refractivity contribution in [2.24, 2.45) is 0 Å². The van der Waals surface area contributed by atoms with E-state index in [1.165, 1.54) is 15.9 Å². The van der Waals surface area contributed by atoms with Crippen molar-refractivity contribution < 1.29 is 31.1 Å². The summed E-state index contributed by atoms with van der Waals surface area (Å²) in [4.78, 5) is 14.2. The van der Waals surface area contributed by atoms with Crippen LogP contribution in [0.2, 0.25) is 0 Å². The van der Waals surface area contributed by atoms with E-state index in [1.54, 1.807) is 34.9 Å². The minimum Gasteiger partial charge on any atom is -0.444 e. The van der Waals surface area contributed by atoms with Gasteiger partial charge in [0, 0.05) is 38.9 Å². The van der Waals surface area contributed by atoms with Gasteiger partial charge in [-0.05, 0) is 51.8 Å². The van der Waals surface area contributed by atoms with Crippen LogP contribution in [0, 0.1) is 0 Å². The second kappa shape index (κ2) is 8.62. The largest absolute Gasteiger partial charge is 0.444 e. The van der Waals surface area contributed by atoms with E-state index >= 15 is 0 Å². The molecule has 1 aliphatic heterocycles. The number of piperidine rings is 1. The number of alkyl halides is 3. The molecule has 30 heavy (non-hydrogen) atoms. The summed E-state index contributed by atoms with van der Waals surface area (Å²) < 4.78 is 73.6. The van der Waals surface area contributed by atoms with Crippen LogP contribution in [-0.4, -0.2) is 58.2 Å². The zero-order valence-corrected chi connectivity index (χ0v) is 18.5. The first-order chi connectivity index (χ1) is 13.6. The summed E-state index contributed by atoms with van der Waals surface area (Å²) in [5, 5.41) is 0. The zero-order valence-electron chi connectivity index (χ0n) is 17.7. The van der Waals surface area contributed by atoms with Gasteiger partial charge in [0.15, 0.2) is 0 Å². The van der Waals surface area contributed by atoms with Crippen LogP contribution < -0.4 is 9.62 Å². The first kappa shape index (κ1) is 24.3. The molecule has 1 heterocycles. The van der Waals surface area contributed by atoms with Gasteiger partial charge >= 0.3 is 12.3 Å². The quantitative estimate of drug-likeness (QED) is 0.759. The molecule has 1 aliphatic rings. The number of sulfonamides is 1. The summed E-state index contributed by atoms with van der Waals surface area (Å²) in [6.07, 6.45) is -4.77. The Bertz CT molecular complexity index is 872. The van der Waals surface area contributed by atoms with Gasteiger partial charge in [0.1, 0.15) is 5.60 Å². The molecule has 0 saturated carbocycles. The standard InChI is InChI=1S/C19H28F3N3O4S/c1-18(2,3)29-17(26)25-10-8-13(9-11-25)23-30(27,28)16-7-6-14(24(4)5)12-15(16)19(20,21)22/h6-7,12-13,23H,8-11H2,1-5H3. The minimum absolute atomic E-state index is 0.243. The van der Waals surface area contributed by atoms with E-state index in [9.17, 15) is 26.4 Å². The second-order valence-electron chi connectivity index (χ2n) is 8.44. The number of rotatable bonds is 4. The van der Waals surface area contributed by atoms with Gasteiger partial charge in [-0.25, -0.2) is 17.9 Å². The summed E-state index contributed by atoms with van der Waals surface area (Å²) in [5.74, 6) is 0. The highest BCUT2D eigenvalue weighted by molar-refractivity contribution is 7.89. The molecule has 7 nitrogen and oxygen atoms in total. The van der Waals surface area contributed by atoms with Crippen molar-refractivity contribution in [2.45, 2.75) is 56.3 Å². The lowest BCUT2D eigenvalue weighted by atomic mass is 10.1. The van der Waals surface area contributed by atoms with Crippen molar-refractivity contribution in [3.8, 4) is 0 Å². The van der Waals surface area contributed by atoms with E-state index in [4.69, 9.17) is 4.74 Å². The van der Waals surface area contributed by atoms with E-state index in [2.05, 4.69) is 4.72 Å². The third-order valence-corrected chi connectivity index (χ3v) is 6.12. The highest BCUT2D eigenvalue weighted by Gasteiger charge is 2.38. The number of likely N-dealkylation sites (tertiary alicyclic amines) is 1. The minimum atomic E-state index is -4.82. The van der Waals surface area contributed by atoms with Crippen molar-refractivity contribution >= 4 is 21.8 Å². The van der Waals surface area contributed by atoms with Gasteiger partial charge in [0.2, 0.25) is 10.0 Å². The Morgan fingerprint density at radius 1 is 1.17 bits per heavy atom. The summed E-state index contributed by atoms with van der Waals surface area (Å²) in [6.45, 7) is 5.71. The van der Waals surface area contributed by atoms with Gasteiger partial charge in [-0.3, -0.25) is 0 Å². The Balaban J connectivity index is 2.14. The Kier molecular flexibility index (Phi) is 6.97. The molecular weight excluding hydrogens is 423 g/mol. The summed E-state index contributed by atoms with van der Waals surface area (Å²) in [5.41, 5.74) is -1.62. The molecule has 170 valence electrons. The molecule has 0 unspecified atom stereocenters. The molecule has 0 aliphatic carbocycles. The van der Waals surface area contributed by atoms with Crippen molar-refractivity contribution in [1.29, 1.82) is 0 Å². The second-order valence-corrected chi connectivity index (χ2v) is 10.1. The molecule has 1 amide bonds. The Morgan fingerprint density at radius 3 is 2.20 bits per heavy atom. The maximum absolute atomic E-state index is 13.5. The van der Waals surface area contributed by atoms with Crippen LogP contribution in [0.25, 0.3) is 0 Å². The van der Waals surface area contributed by atoms with Gasteiger partial charge in [-0.1, -0.05) is 0 Å². The molecule has 0 radical (unpaired) electrons. The Labute approximate surface area is 175 Å². The maximum Gasteiger partial charge on any atom is 0.417 e. The fraction of sp³-hybridized carbons (Fsp3) is 0.632. The predicted octanol–water partition coefficient (Wildman–Crippen LogP) is 3.45. The van der Waals surface area contributed by atoms with Crippen molar-refractivity contribution in [1.82, 2.24) is 9.62 Å². The van der Waals surface area contributed by atoms with Crippen LogP contribution in [0.15, 0.2) is 23.1 Å². The van der Waals surface area contributed by atoms with Crippen molar-refractivity contribution in [2.75, 3.05) is 32.1 Å². The molecule has 0 atom stereocenters. The van der Waals surface area contributed by atoms with Gasteiger partial charge in [-0.15, -0.1) is 0 Å². The number of halogens is 3. The molecule has 0 bridgehead atoms. The molecule has 0 aromatic heterocycles. The molecular formula is C19H28F3N3O4S. The number of nitrogens with zero attached hydrogens (tertiary/aromatic N) is 2. The lowest BCUT2D eigenvalue weighted by molar-refractivity contribution is -0.139. The average molecular weight is 452 g/mol. The number of carbonyl (C=O) groups excluding carboxylic acids is 1. The number of hydrogen-bond acceptors (Lipinski definition) is 5. The van der Waals surface area contributed by atoms with Crippen molar-refractivity contribution in [3.63, 3.8) is 0 Å². The van der Waals surface area contributed by atoms with Crippen LogP contribution in [0.1, 0.15) is 39.2 Å². The van der Waals surface area contributed by atoms with Crippen LogP contribution in [0.5, 0.6) is 0 Å². The fourth-order valence-corrected chi connectivity index (χ4v) is 4.55. The number of ether oxygens (including phenoxy) is 1. The number of nitrogens with one attached hydrogen (secondary N) is 1. The lowest BCUT2D eigenvalue weighted by Crippen LogP contribution is -2.47. The molecule has 1 fully saturated rings. The summed E-state index contributed by atoms with van der Waals surface area (Å²) in [6, 6.07) is 2.54. The first-order valence-electron chi connectivity index (χ1n) is 9.49. The Hall–Kier alpha value is -2.01. The zero-order chi connectivity index (χ0) is 22.9. The molecule has 1 aromatic carbocycles. The monoisotopic (exact) mass is 451 g/mol. The van der Waals surface area contributed by atoms with Crippen LogP contribution in [0.4, 0.5) is 23.7 Å². The Morgan fingerprint density at radius 2 is 1.73 bits per heavy atom. The molecule has 2 rings (SSSR count). The van der Waals surface area contributed by atoms with E-state index < -0.39 is 44.4 Å².